The molecular formula is C13H9Cl3IN5. The van der Waals surface area contributed by atoms with E-state index >= 15 is 0 Å². The third-order valence-electron chi connectivity index (χ3n) is 2.49. The lowest BCUT2D eigenvalue weighted by Crippen LogP contribution is -3.00. The lowest BCUT2D eigenvalue weighted by atomic mass is 10.3. The summed E-state index contributed by atoms with van der Waals surface area (Å²) in [5.74, 6) is 0.183. The van der Waals surface area contributed by atoms with Crippen LogP contribution in [0.5, 0.6) is 0 Å². The Morgan fingerprint density at radius 2 is 2.09 bits per heavy atom. The van der Waals surface area contributed by atoms with Gasteiger partial charge in [-0.25, -0.2) is 9.55 Å². The number of aryl methyl sites for hydroxylation is 1. The van der Waals surface area contributed by atoms with E-state index in [2.05, 4.69) is 15.5 Å². The summed E-state index contributed by atoms with van der Waals surface area (Å²) in [6.45, 7) is 0. The monoisotopic (exact) mass is 467 g/mol. The first-order valence-corrected chi connectivity index (χ1v) is 6.85. The first kappa shape index (κ1) is 18.9. The maximum absolute atomic E-state index is 8.90. The van der Waals surface area contributed by atoms with Gasteiger partial charge in [0, 0.05) is 6.07 Å². The molecule has 2 aromatic heterocycles. The standard InChI is InChI=1S/C13H9Cl3N5.HI/c1-21-4-2-3-8(7-21)6-18-20-13-11(15)10(14)9(5-17)12(16)19-13;/h2-4,6-7H,1H3,(H,19,20);1H/q+1;/p-1. The fourth-order valence-electron chi connectivity index (χ4n) is 1.53. The van der Waals surface area contributed by atoms with Crippen molar-refractivity contribution in [2.45, 2.75) is 0 Å². The van der Waals surface area contributed by atoms with Crippen molar-refractivity contribution in [1.29, 1.82) is 5.26 Å². The van der Waals surface area contributed by atoms with Crippen LogP contribution in [0.3, 0.4) is 0 Å². The van der Waals surface area contributed by atoms with Gasteiger partial charge in [-0.2, -0.15) is 10.4 Å². The Morgan fingerprint density at radius 3 is 2.73 bits per heavy atom. The molecule has 0 fully saturated rings. The van der Waals surface area contributed by atoms with E-state index in [1.165, 1.54) is 0 Å². The average Bonchev–Trinajstić information content (AvgIpc) is 2.45. The number of rotatable bonds is 3. The first-order chi connectivity index (χ1) is 10.0. The van der Waals surface area contributed by atoms with Crippen molar-refractivity contribution in [3.63, 3.8) is 0 Å². The second-order valence-corrected chi connectivity index (χ2v) is 5.15. The van der Waals surface area contributed by atoms with Crippen LogP contribution >= 0.6 is 34.8 Å². The van der Waals surface area contributed by atoms with Crippen LogP contribution in [0.2, 0.25) is 15.2 Å². The molecule has 9 heteroatoms. The minimum Gasteiger partial charge on any atom is -1.00 e. The van der Waals surface area contributed by atoms with Crippen LogP contribution in [0.25, 0.3) is 0 Å². The van der Waals surface area contributed by atoms with Crippen molar-refractivity contribution in [2.24, 2.45) is 12.1 Å². The number of halogens is 4. The second kappa shape index (κ2) is 8.48. The van der Waals surface area contributed by atoms with E-state index < -0.39 is 0 Å². The van der Waals surface area contributed by atoms with E-state index in [0.717, 1.165) is 5.56 Å². The zero-order valence-electron chi connectivity index (χ0n) is 11.2. The molecule has 2 rings (SSSR count). The highest BCUT2D eigenvalue weighted by Crippen LogP contribution is 2.34. The van der Waals surface area contributed by atoms with E-state index in [0.29, 0.717) is 0 Å². The van der Waals surface area contributed by atoms with Crippen LogP contribution in [-0.2, 0) is 7.05 Å². The van der Waals surface area contributed by atoms with Gasteiger partial charge in [-0.1, -0.05) is 34.8 Å². The van der Waals surface area contributed by atoms with Crippen LogP contribution in [-0.4, -0.2) is 11.2 Å². The lowest BCUT2D eigenvalue weighted by molar-refractivity contribution is -0.671. The number of hydrogen-bond donors (Lipinski definition) is 1. The molecule has 2 aromatic rings. The van der Waals surface area contributed by atoms with Gasteiger partial charge in [0.1, 0.15) is 23.7 Å². The average molecular weight is 469 g/mol. The van der Waals surface area contributed by atoms with E-state index in [-0.39, 0.29) is 50.6 Å². The molecule has 5 nitrogen and oxygen atoms in total. The molecule has 0 aliphatic carbocycles. The molecule has 0 atom stereocenters. The highest BCUT2D eigenvalue weighted by atomic mass is 127. The number of pyridine rings is 2. The number of nitrogens with zero attached hydrogens (tertiary/aromatic N) is 4. The Kier molecular flexibility index (Phi) is 7.29. The molecule has 0 saturated carbocycles. The lowest BCUT2D eigenvalue weighted by Gasteiger charge is -2.06. The van der Waals surface area contributed by atoms with Gasteiger partial charge in [0.15, 0.2) is 23.4 Å². The van der Waals surface area contributed by atoms with Crippen LogP contribution in [0.15, 0.2) is 29.6 Å². The number of hydrazone groups is 1. The Balaban J connectivity index is 0.00000242. The molecule has 0 aromatic carbocycles. The van der Waals surface area contributed by atoms with E-state index in [1.54, 1.807) is 6.21 Å². The molecule has 0 radical (unpaired) electrons. The molecule has 2 heterocycles. The molecule has 0 bridgehead atoms. The predicted octanol–water partition coefficient (Wildman–Crippen LogP) is 0.188. The van der Waals surface area contributed by atoms with Crippen molar-refractivity contribution in [3.8, 4) is 6.07 Å². The highest BCUT2D eigenvalue weighted by Gasteiger charge is 2.15. The molecule has 22 heavy (non-hydrogen) atoms. The van der Waals surface area contributed by atoms with Gasteiger partial charge < -0.3 is 24.0 Å². The molecule has 0 saturated heterocycles. The maximum atomic E-state index is 8.90. The van der Waals surface area contributed by atoms with Crippen LogP contribution in [0, 0.1) is 11.3 Å². The van der Waals surface area contributed by atoms with E-state index in [1.807, 2.05) is 42.2 Å². The molecular weight excluding hydrogens is 459 g/mol. The van der Waals surface area contributed by atoms with Gasteiger partial charge in [0.2, 0.25) is 0 Å². The number of hydrogen-bond acceptors (Lipinski definition) is 4. The first-order valence-electron chi connectivity index (χ1n) is 5.72. The summed E-state index contributed by atoms with van der Waals surface area (Å²) in [5.41, 5.74) is 3.57. The molecule has 0 unspecified atom stereocenters. The molecule has 0 spiro atoms. The van der Waals surface area contributed by atoms with Crippen molar-refractivity contribution < 1.29 is 28.5 Å². The molecule has 114 valence electrons. The SMILES string of the molecule is C[n+]1cccc(C=NNc2nc(Cl)c(C#N)c(Cl)c2Cl)c1.[I-]. The van der Waals surface area contributed by atoms with Crippen LogP contribution < -0.4 is 34.0 Å². The molecule has 0 aliphatic rings. The van der Waals surface area contributed by atoms with Gasteiger partial charge >= 0.3 is 0 Å². The van der Waals surface area contributed by atoms with Crippen LogP contribution in [0.1, 0.15) is 11.1 Å². The predicted molar refractivity (Wildman–Crippen MR) is 82.8 cm³/mol. The maximum Gasteiger partial charge on any atom is 0.177 e. The third-order valence-corrected chi connectivity index (χ3v) is 3.61. The third kappa shape index (κ3) is 4.43. The van der Waals surface area contributed by atoms with E-state index in [4.69, 9.17) is 40.1 Å². The summed E-state index contributed by atoms with van der Waals surface area (Å²) in [4.78, 5) is 3.95. The Hall–Kier alpha value is -1.14. The Labute approximate surface area is 159 Å². The van der Waals surface area contributed by atoms with Crippen molar-refractivity contribution >= 4 is 46.8 Å². The quantitative estimate of drug-likeness (QED) is 0.230. The number of aromatic nitrogens is 2. The summed E-state index contributed by atoms with van der Waals surface area (Å²) in [6.07, 6.45) is 5.39. The summed E-state index contributed by atoms with van der Waals surface area (Å²) in [6, 6.07) is 5.62. The minimum absolute atomic E-state index is 0. The largest absolute Gasteiger partial charge is 1.00 e. The topological polar surface area (TPSA) is 64.9 Å². The Bertz CT molecular complexity index is 758. The van der Waals surface area contributed by atoms with Crippen LogP contribution in [0.4, 0.5) is 5.82 Å². The van der Waals surface area contributed by atoms with E-state index in [9.17, 15) is 0 Å². The van der Waals surface area contributed by atoms with Crippen molar-refractivity contribution in [2.75, 3.05) is 5.43 Å². The summed E-state index contributed by atoms with van der Waals surface area (Å²) in [7, 11) is 1.91. The zero-order chi connectivity index (χ0) is 15.4. The Morgan fingerprint density at radius 1 is 1.36 bits per heavy atom. The molecule has 0 amide bonds. The second-order valence-electron chi connectivity index (χ2n) is 4.04. The summed E-state index contributed by atoms with van der Waals surface area (Å²) >= 11 is 17.8. The van der Waals surface area contributed by atoms with Gasteiger partial charge in [0.25, 0.3) is 0 Å². The zero-order valence-corrected chi connectivity index (χ0v) is 15.6. The van der Waals surface area contributed by atoms with Gasteiger partial charge in [-0.05, 0) is 6.07 Å². The smallest absolute Gasteiger partial charge is 0.177 e. The minimum atomic E-state index is -0.0317. The fourth-order valence-corrected chi connectivity index (χ4v) is 2.20. The summed E-state index contributed by atoms with van der Waals surface area (Å²) in [5, 5.41) is 13.0. The van der Waals surface area contributed by atoms with Gasteiger partial charge in [-0.15, -0.1) is 0 Å². The molecule has 0 aliphatic heterocycles. The highest BCUT2D eigenvalue weighted by molar-refractivity contribution is 6.45. The number of anilines is 1. The molecule has 1 N–H and O–H groups in total. The van der Waals surface area contributed by atoms with Gasteiger partial charge in [0.05, 0.1) is 16.8 Å². The number of nitrogens with one attached hydrogen (secondary N) is 1. The number of nitriles is 1. The van der Waals surface area contributed by atoms with Crippen molar-refractivity contribution in [1.82, 2.24) is 4.98 Å². The summed E-state index contributed by atoms with van der Waals surface area (Å²) < 4.78 is 1.89. The fraction of sp³-hybridized carbons (Fsp3) is 0.0769. The van der Waals surface area contributed by atoms with Gasteiger partial charge in [-0.3, -0.25) is 5.43 Å². The van der Waals surface area contributed by atoms with Crippen molar-refractivity contribution in [3.05, 3.63) is 50.9 Å². The normalized spacial score (nSPS) is 10.1.